The van der Waals surface area contributed by atoms with Gasteiger partial charge >= 0.3 is 0 Å². The van der Waals surface area contributed by atoms with Crippen LogP contribution in [0.2, 0.25) is 0 Å². The number of carbonyl (C=O) groups is 4. The molecular weight excluding hydrogens is 1030 g/mol. The number of amides is 4. The summed E-state index contributed by atoms with van der Waals surface area (Å²) in [6.07, 6.45) is 39.5. The molecule has 434 valence electrons. The first-order valence-corrected chi connectivity index (χ1v) is 37.8. The molecule has 6 radical (unpaired) electrons. The lowest BCUT2D eigenvalue weighted by Crippen LogP contribution is -2.47. The average Bonchev–Trinajstić information content (AvgIpc) is 3.40. The topological polar surface area (TPSA) is 164 Å². The fraction of sp³-hybridized carbons (Fsp3) is 0.927. The Morgan fingerprint density at radius 3 is 1.20 bits per heavy atom. The highest BCUT2D eigenvalue weighted by Crippen LogP contribution is 2.30. The van der Waals surface area contributed by atoms with Gasteiger partial charge in [0.2, 0.25) is 23.6 Å². The Balaban J connectivity index is 0. The van der Waals surface area contributed by atoms with Crippen LogP contribution in [0, 0.1) is 0 Å². The molecule has 0 saturated carbocycles. The highest BCUT2D eigenvalue weighted by Gasteiger charge is 2.20. The molecule has 0 rings (SSSR count). The Hall–Kier alpha value is -0.361. The van der Waals surface area contributed by atoms with Crippen LogP contribution < -0.4 is 21.3 Å². The summed E-state index contributed by atoms with van der Waals surface area (Å²) in [5, 5.41) is 21.6. The summed E-state index contributed by atoms with van der Waals surface area (Å²) < 4.78 is 47.5. The van der Waals surface area contributed by atoms with Gasteiger partial charge in [0.1, 0.15) is 24.6 Å². The van der Waals surface area contributed by atoms with Crippen LogP contribution in [0.1, 0.15) is 272 Å². The van der Waals surface area contributed by atoms with E-state index in [0.29, 0.717) is 19.3 Å². The van der Waals surface area contributed by atoms with Crippen molar-refractivity contribution < 1.29 is 37.7 Å². The van der Waals surface area contributed by atoms with Crippen LogP contribution in [0.3, 0.4) is 0 Å². The predicted molar refractivity (Wildman–Crippen MR) is 335 cm³/mol. The van der Waals surface area contributed by atoms with Gasteiger partial charge < -0.3 is 39.7 Å². The zero-order valence-electron chi connectivity index (χ0n) is 52.5. The minimum absolute atomic E-state index is 0.00277. The van der Waals surface area contributed by atoms with Gasteiger partial charge in [-0.1, -0.05) is 220 Å². The number of aliphatic hydroxyl groups is 1. The molecular formula is C55H114B3N4O8P3Si2. The van der Waals surface area contributed by atoms with Crippen molar-refractivity contribution >= 4 is 88.6 Å². The molecule has 5 unspecified atom stereocenters. The van der Waals surface area contributed by atoms with Gasteiger partial charge in [-0.05, 0) is 40.4 Å². The van der Waals surface area contributed by atoms with Crippen LogP contribution in [0.5, 0.6) is 0 Å². The van der Waals surface area contributed by atoms with Crippen LogP contribution >= 0.6 is 25.5 Å². The van der Waals surface area contributed by atoms with E-state index in [0.717, 1.165) is 77.0 Å². The molecule has 0 heterocycles. The molecule has 0 fully saturated rings. The number of nitrogens with one attached hydrogen (secondary N) is 4. The minimum Gasteiger partial charge on any atom is -0.423 e. The smallest absolute Gasteiger partial charge is 0.222 e. The second-order valence-electron chi connectivity index (χ2n) is 20.8. The number of hydrogen-bond acceptors (Lipinski definition) is 8. The van der Waals surface area contributed by atoms with E-state index in [1.165, 1.54) is 135 Å². The third-order valence-electron chi connectivity index (χ3n) is 13.1. The van der Waals surface area contributed by atoms with Gasteiger partial charge in [0.25, 0.3) is 0 Å². The average molecular weight is 1150 g/mol. The third kappa shape index (κ3) is 59.6. The lowest BCUT2D eigenvalue weighted by atomic mass is 10.1. The molecule has 0 spiro atoms. The molecule has 0 aromatic rings. The molecule has 0 aliphatic heterocycles. The van der Waals surface area contributed by atoms with Crippen molar-refractivity contribution in [1.82, 2.24) is 21.3 Å². The van der Waals surface area contributed by atoms with Crippen molar-refractivity contribution in [3.8, 4) is 0 Å². The Labute approximate surface area is 479 Å². The number of carbonyl (C=O) groups excluding carboxylic acids is 4. The molecule has 0 bridgehead atoms. The van der Waals surface area contributed by atoms with Crippen molar-refractivity contribution in [1.29, 1.82) is 5.03 Å². The SMILES string of the molecule is [2H][Si]([B])(OC[C@@H](CNC(=O)C[C@@H](CCCCCCC)OP([B])C)NC(=O)CCCCCCCCCCCCC)P[3H].[2H][Si]([B])(OC[C@@H](CNC(=O)C[C@H](O)CCCCCCC)NC(=O)CCCCCCCCCCCCC)P[3H]. The lowest BCUT2D eigenvalue weighted by Gasteiger charge is -2.23. The van der Waals surface area contributed by atoms with Gasteiger partial charge in [-0.25, -0.2) is 0 Å². The number of hydrogen-bond donors (Lipinski definition) is 5. The maximum atomic E-state index is 12.7. The van der Waals surface area contributed by atoms with Crippen molar-refractivity contribution in [2.45, 2.75) is 296 Å². The van der Waals surface area contributed by atoms with Crippen molar-refractivity contribution in [2.24, 2.45) is 0 Å². The monoisotopic (exact) mass is 1150 g/mol. The van der Waals surface area contributed by atoms with Crippen molar-refractivity contribution in [3.05, 3.63) is 0 Å². The van der Waals surface area contributed by atoms with Crippen LogP contribution in [0.15, 0.2) is 0 Å². The van der Waals surface area contributed by atoms with E-state index in [9.17, 15) is 24.3 Å². The molecule has 75 heavy (non-hydrogen) atoms. The van der Waals surface area contributed by atoms with Crippen molar-refractivity contribution in [2.75, 3.05) is 33.0 Å². The number of rotatable bonds is 56. The summed E-state index contributed by atoms with van der Waals surface area (Å²) in [5.41, 5.74) is 0. The summed E-state index contributed by atoms with van der Waals surface area (Å²) in [5.74, 6) is -0.660. The molecule has 9 atom stereocenters. The van der Waals surface area contributed by atoms with Gasteiger partial charge in [-0.15, -0.1) is 17.5 Å². The quantitative estimate of drug-likeness (QED) is 0.0228. The van der Waals surface area contributed by atoms with Crippen molar-refractivity contribution in [3.63, 3.8) is 0 Å². The van der Waals surface area contributed by atoms with Crippen LogP contribution in [0.25, 0.3) is 0 Å². The minimum atomic E-state index is -3.33. The van der Waals surface area contributed by atoms with Crippen LogP contribution in [-0.4, -0.2) is 130 Å². The maximum Gasteiger partial charge on any atom is 0.222 e. The summed E-state index contributed by atoms with van der Waals surface area (Å²) >= 11 is 0. The maximum absolute atomic E-state index is 12.7. The van der Waals surface area contributed by atoms with E-state index in [4.69, 9.17) is 40.8 Å². The summed E-state index contributed by atoms with van der Waals surface area (Å²) in [4.78, 5) is 50.2. The molecule has 0 aromatic heterocycles. The van der Waals surface area contributed by atoms with Gasteiger partial charge in [0, 0.05) is 28.4 Å². The second-order valence-corrected chi connectivity index (χ2v) is 27.1. The zero-order chi connectivity index (χ0) is 59.3. The Morgan fingerprint density at radius 1 is 0.533 bits per heavy atom. The molecule has 12 nitrogen and oxygen atoms in total. The molecule has 0 aliphatic carbocycles. The van der Waals surface area contributed by atoms with Crippen LogP contribution in [0.4, 0.5) is 0 Å². The first-order chi connectivity index (χ1) is 37.9. The van der Waals surface area contributed by atoms with Gasteiger partial charge in [0.05, 0.1) is 67.8 Å². The van der Waals surface area contributed by atoms with Gasteiger partial charge in [-0.3, -0.25) is 19.2 Å². The standard InChI is InChI=1S/C28H58B2N2O4P2Si.C27H56BN2O4PSi/c1-4-6-8-10-11-12-13-14-15-17-19-21-27(33)32-25(24-35-39(30)37)23-31-28(34)22-26(36-38(3)29)20-18-16-9-7-5-2;1-3-5-7-9-10-11-12-13-14-16-18-20-26(32)30-24(23-34-36(28)35)22-29-27(33)21-25(31)19-17-15-8-6-4-2/h25-26,39H,4-24,37H2,1-3H3,(H,31,34)(H,32,33);24-25,31,36H,3-23,35H2,1-2H3,(H,29,33)(H,30,32)/t25-,26-,38?,39?;24-,25-,36?/m11/s1/i37T,39D;35T,36D/t25-,26-,37?,38?,39?;24-,25-,35?,36?. The predicted octanol–water partition coefficient (Wildman–Crippen LogP) is 11.5. The zero-order valence-corrected chi connectivity index (χ0v) is 53.4. The Bertz CT molecular complexity index is 1460. The Morgan fingerprint density at radius 2 is 0.853 bits per heavy atom. The summed E-state index contributed by atoms with van der Waals surface area (Å²) in [6, 6.07) is -1.04. The largest absolute Gasteiger partial charge is 0.423 e. The fourth-order valence-electron chi connectivity index (χ4n) is 8.71. The molecule has 20 heteroatoms. The van der Waals surface area contributed by atoms with E-state index in [-0.39, 0.29) is 68.9 Å². The number of unbranched alkanes of at least 4 members (excludes halogenated alkanes) is 28. The second kappa shape index (κ2) is 58.3. The summed E-state index contributed by atoms with van der Waals surface area (Å²) in [6.45, 7) is 10.9. The molecule has 0 aromatic carbocycles. The van der Waals surface area contributed by atoms with E-state index in [1.807, 2.05) is 6.66 Å². The van der Waals surface area contributed by atoms with Crippen LogP contribution in [-0.2, 0) is 32.6 Å². The van der Waals surface area contributed by atoms with E-state index >= 15 is 0 Å². The fourth-order valence-corrected chi connectivity index (χ4v) is 10.6. The first-order valence-electron chi connectivity index (χ1n) is 32.1. The molecule has 5 N–H and O–H groups in total. The Kier molecular flexibility index (Phi) is 53.6. The molecule has 0 saturated heterocycles. The normalized spacial score (nSPS) is 16.0. The molecule has 4 amide bonds. The van der Waals surface area contributed by atoms with Gasteiger partial charge in [0.15, 0.2) is 0 Å². The van der Waals surface area contributed by atoms with E-state index in [2.05, 4.69) is 49.0 Å². The van der Waals surface area contributed by atoms with E-state index in [1.54, 1.807) is 0 Å². The highest BCUT2D eigenvalue weighted by atomic mass is 31.3. The first kappa shape index (κ1) is 68.9. The molecule has 0 aliphatic rings. The van der Waals surface area contributed by atoms with Gasteiger partial charge in [-0.2, -0.15) is 0 Å². The number of aliphatic hydroxyl groups excluding tert-OH is 1. The third-order valence-corrected chi connectivity index (χ3v) is 15.6. The highest BCUT2D eigenvalue weighted by molar-refractivity contribution is 7.77. The lowest BCUT2D eigenvalue weighted by molar-refractivity contribution is -0.125. The summed E-state index contributed by atoms with van der Waals surface area (Å²) in [7, 11) is 8.64. The van der Waals surface area contributed by atoms with E-state index < -0.39 is 60.7 Å².